The molecule has 7 nitrogen and oxygen atoms in total. The van der Waals surface area contributed by atoms with Crippen molar-refractivity contribution in [2.24, 2.45) is 0 Å². The molecule has 25 heavy (non-hydrogen) atoms. The Labute approximate surface area is 147 Å². The van der Waals surface area contributed by atoms with E-state index in [1.54, 1.807) is 37.3 Å². The molecular formula is C18H22N4O3. The molecule has 0 fully saturated rings. The molecule has 0 aliphatic heterocycles. The van der Waals surface area contributed by atoms with Crippen molar-refractivity contribution in [3.8, 4) is 0 Å². The number of hydrogen-bond donors (Lipinski definition) is 1. The van der Waals surface area contributed by atoms with Crippen molar-refractivity contribution in [2.75, 3.05) is 30.4 Å². The quantitative estimate of drug-likeness (QED) is 0.813. The van der Waals surface area contributed by atoms with E-state index in [4.69, 9.17) is 4.74 Å². The van der Waals surface area contributed by atoms with E-state index < -0.39 is 11.9 Å². The van der Waals surface area contributed by atoms with Crippen LogP contribution in [-0.2, 0) is 4.74 Å². The van der Waals surface area contributed by atoms with Crippen molar-refractivity contribution in [3.63, 3.8) is 0 Å². The first-order valence-electron chi connectivity index (χ1n) is 8.09. The van der Waals surface area contributed by atoms with Crippen LogP contribution in [0.1, 0.15) is 40.5 Å². The monoisotopic (exact) mass is 342 g/mol. The van der Waals surface area contributed by atoms with Gasteiger partial charge in [-0.15, -0.1) is 0 Å². The van der Waals surface area contributed by atoms with Crippen LogP contribution in [-0.4, -0.2) is 42.0 Å². The smallest absolute Gasteiger partial charge is 0.339 e. The number of anilines is 2. The maximum Gasteiger partial charge on any atom is 0.339 e. The van der Waals surface area contributed by atoms with Crippen LogP contribution in [0.25, 0.3) is 0 Å². The zero-order chi connectivity index (χ0) is 18.4. The molecule has 2 aromatic rings. The number of carbonyl (C=O) groups is 2. The number of benzene rings is 1. The number of aryl methyl sites for hydroxylation is 1. The molecule has 0 atom stereocenters. The Hall–Kier alpha value is -2.96. The summed E-state index contributed by atoms with van der Waals surface area (Å²) in [7, 11) is 1.30. The number of carbonyl (C=O) groups excluding carboxylic acids is 2. The first-order chi connectivity index (χ1) is 12.0. The van der Waals surface area contributed by atoms with Gasteiger partial charge in [0, 0.05) is 19.2 Å². The number of ether oxygens (including phenoxy) is 1. The third-order valence-corrected chi connectivity index (χ3v) is 3.73. The van der Waals surface area contributed by atoms with Crippen LogP contribution in [0.15, 0.2) is 30.3 Å². The number of para-hydroxylation sites is 1. The Bertz CT molecular complexity index is 773. The second-order valence-electron chi connectivity index (χ2n) is 5.32. The highest BCUT2D eigenvalue weighted by Gasteiger charge is 2.17. The number of amides is 1. The molecule has 0 saturated carbocycles. The van der Waals surface area contributed by atoms with Gasteiger partial charge in [-0.2, -0.15) is 0 Å². The van der Waals surface area contributed by atoms with Crippen molar-refractivity contribution in [1.29, 1.82) is 0 Å². The molecule has 1 aromatic carbocycles. The SMILES string of the molecule is CCN(CC)c1cc(C(=O)Nc2ccccc2C(=O)OC)nc(C)n1. The Morgan fingerprint density at radius 1 is 1.16 bits per heavy atom. The number of esters is 1. The third kappa shape index (κ3) is 4.32. The minimum atomic E-state index is -0.515. The summed E-state index contributed by atoms with van der Waals surface area (Å²) in [6.07, 6.45) is 0. The maximum absolute atomic E-state index is 12.6. The number of methoxy groups -OCH3 is 1. The lowest BCUT2D eigenvalue weighted by Gasteiger charge is -2.20. The molecule has 132 valence electrons. The number of aromatic nitrogens is 2. The second-order valence-corrected chi connectivity index (χ2v) is 5.32. The van der Waals surface area contributed by atoms with Gasteiger partial charge in [-0.1, -0.05) is 12.1 Å². The van der Waals surface area contributed by atoms with E-state index in [-0.39, 0.29) is 11.3 Å². The summed E-state index contributed by atoms with van der Waals surface area (Å²) < 4.78 is 4.74. The van der Waals surface area contributed by atoms with Crippen molar-refractivity contribution < 1.29 is 14.3 Å². The fourth-order valence-electron chi connectivity index (χ4n) is 2.44. The summed E-state index contributed by atoms with van der Waals surface area (Å²) in [5, 5.41) is 2.72. The average molecular weight is 342 g/mol. The molecule has 1 N–H and O–H groups in total. The van der Waals surface area contributed by atoms with Gasteiger partial charge in [0.25, 0.3) is 5.91 Å². The fraction of sp³-hybridized carbons (Fsp3) is 0.333. The maximum atomic E-state index is 12.6. The highest BCUT2D eigenvalue weighted by Crippen LogP contribution is 2.18. The predicted octanol–water partition coefficient (Wildman–Crippen LogP) is 2.67. The molecule has 2 rings (SSSR count). The van der Waals surface area contributed by atoms with E-state index in [0.29, 0.717) is 17.3 Å². The van der Waals surface area contributed by atoms with E-state index in [1.165, 1.54) is 7.11 Å². The van der Waals surface area contributed by atoms with Crippen molar-refractivity contribution in [2.45, 2.75) is 20.8 Å². The lowest BCUT2D eigenvalue weighted by atomic mass is 10.1. The molecule has 0 unspecified atom stereocenters. The topological polar surface area (TPSA) is 84.4 Å². The highest BCUT2D eigenvalue weighted by atomic mass is 16.5. The molecule has 0 bridgehead atoms. The van der Waals surface area contributed by atoms with E-state index in [0.717, 1.165) is 13.1 Å². The van der Waals surface area contributed by atoms with Crippen molar-refractivity contribution in [3.05, 3.63) is 47.4 Å². The number of nitrogens with zero attached hydrogens (tertiary/aromatic N) is 3. The first kappa shape index (κ1) is 18.4. The number of hydrogen-bond acceptors (Lipinski definition) is 6. The van der Waals surface area contributed by atoms with Crippen LogP contribution in [0.4, 0.5) is 11.5 Å². The molecule has 0 radical (unpaired) electrons. The zero-order valence-electron chi connectivity index (χ0n) is 14.9. The van der Waals surface area contributed by atoms with Crippen molar-refractivity contribution in [1.82, 2.24) is 9.97 Å². The summed E-state index contributed by atoms with van der Waals surface area (Å²) in [6, 6.07) is 8.32. The Morgan fingerprint density at radius 3 is 2.48 bits per heavy atom. The molecule has 0 saturated heterocycles. The van der Waals surface area contributed by atoms with E-state index >= 15 is 0 Å². The van der Waals surface area contributed by atoms with Gasteiger partial charge in [-0.25, -0.2) is 14.8 Å². The summed E-state index contributed by atoms with van der Waals surface area (Å²) in [5.41, 5.74) is 0.905. The fourth-order valence-corrected chi connectivity index (χ4v) is 2.44. The highest BCUT2D eigenvalue weighted by molar-refractivity contribution is 6.07. The Kier molecular flexibility index (Phi) is 6.05. The largest absolute Gasteiger partial charge is 0.465 e. The third-order valence-electron chi connectivity index (χ3n) is 3.73. The second kappa shape index (κ2) is 8.23. The van der Waals surface area contributed by atoms with Crippen LogP contribution in [0, 0.1) is 6.92 Å². The van der Waals surface area contributed by atoms with Crippen LogP contribution in [0.3, 0.4) is 0 Å². The van der Waals surface area contributed by atoms with Gasteiger partial charge < -0.3 is 15.0 Å². The van der Waals surface area contributed by atoms with Gasteiger partial charge in [0.1, 0.15) is 17.3 Å². The van der Waals surface area contributed by atoms with E-state index in [9.17, 15) is 9.59 Å². The van der Waals surface area contributed by atoms with Gasteiger partial charge in [-0.3, -0.25) is 4.79 Å². The van der Waals surface area contributed by atoms with Gasteiger partial charge in [0.15, 0.2) is 0 Å². The summed E-state index contributed by atoms with van der Waals surface area (Å²) in [6.45, 7) is 7.34. The minimum absolute atomic E-state index is 0.245. The Balaban J connectivity index is 2.32. The molecule has 1 aromatic heterocycles. The van der Waals surface area contributed by atoms with E-state index in [2.05, 4.69) is 15.3 Å². The van der Waals surface area contributed by atoms with Crippen LogP contribution in [0.2, 0.25) is 0 Å². The normalized spacial score (nSPS) is 10.2. The zero-order valence-corrected chi connectivity index (χ0v) is 14.9. The van der Waals surface area contributed by atoms with Crippen LogP contribution >= 0.6 is 0 Å². The molecular weight excluding hydrogens is 320 g/mol. The van der Waals surface area contributed by atoms with Crippen LogP contribution < -0.4 is 10.2 Å². The average Bonchev–Trinajstić information content (AvgIpc) is 2.62. The molecule has 1 heterocycles. The summed E-state index contributed by atoms with van der Waals surface area (Å²) in [4.78, 5) is 35.1. The molecule has 7 heteroatoms. The van der Waals surface area contributed by atoms with Gasteiger partial charge in [-0.05, 0) is 32.9 Å². The standard InChI is InChI=1S/C18H22N4O3/c1-5-22(6-2)16-11-15(19-12(3)20-16)17(23)21-14-10-8-7-9-13(14)18(24)25-4/h7-11H,5-6H2,1-4H3,(H,21,23). The van der Waals surface area contributed by atoms with Gasteiger partial charge in [0.2, 0.25) is 0 Å². The summed E-state index contributed by atoms with van der Waals surface area (Å²) >= 11 is 0. The molecule has 0 aliphatic rings. The first-order valence-corrected chi connectivity index (χ1v) is 8.09. The Morgan fingerprint density at radius 2 is 1.84 bits per heavy atom. The van der Waals surface area contributed by atoms with Crippen LogP contribution in [0.5, 0.6) is 0 Å². The lowest BCUT2D eigenvalue weighted by Crippen LogP contribution is -2.25. The number of rotatable bonds is 6. The lowest BCUT2D eigenvalue weighted by molar-refractivity contribution is 0.0602. The van der Waals surface area contributed by atoms with E-state index in [1.807, 2.05) is 18.7 Å². The van der Waals surface area contributed by atoms with Crippen molar-refractivity contribution >= 4 is 23.4 Å². The molecule has 1 amide bonds. The van der Waals surface area contributed by atoms with Gasteiger partial charge in [0.05, 0.1) is 18.4 Å². The minimum Gasteiger partial charge on any atom is -0.465 e. The number of nitrogens with one attached hydrogen (secondary N) is 1. The molecule has 0 spiro atoms. The summed E-state index contributed by atoms with van der Waals surface area (Å²) in [5.74, 6) is 0.286. The predicted molar refractivity (Wildman–Crippen MR) is 96.1 cm³/mol. The van der Waals surface area contributed by atoms with Gasteiger partial charge >= 0.3 is 5.97 Å². The molecule has 0 aliphatic carbocycles.